The first-order valence-corrected chi connectivity index (χ1v) is 6.50. The van der Waals surface area contributed by atoms with Crippen LogP contribution in [-0.4, -0.2) is 30.1 Å². The first-order chi connectivity index (χ1) is 9.52. The quantitative estimate of drug-likeness (QED) is 0.303. The van der Waals surface area contributed by atoms with Gasteiger partial charge in [0, 0.05) is 12.1 Å². The lowest BCUT2D eigenvalue weighted by Crippen LogP contribution is -2.30. The van der Waals surface area contributed by atoms with Crippen LogP contribution in [0.2, 0.25) is 0 Å². The number of amidine groups is 1. The average Bonchev–Trinajstić information content (AvgIpc) is 2.44. The van der Waals surface area contributed by atoms with Gasteiger partial charge in [0.25, 0.3) is 5.91 Å². The van der Waals surface area contributed by atoms with Crippen LogP contribution in [0.5, 0.6) is 5.75 Å². The van der Waals surface area contributed by atoms with Crippen LogP contribution >= 0.6 is 0 Å². The van der Waals surface area contributed by atoms with Gasteiger partial charge in [-0.3, -0.25) is 4.79 Å². The van der Waals surface area contributed by atoms with E-state index in [1.54, 1.807) is 24.3 Å². The lowest BCUT2D eigenvalue weighted by Gasteiger charge is -2.09. The predicted molar refractivity (Wildman–Crippen MR) is 76.9 cm³/mol. The molecule has 1 rings (SSSR count). The molecule has 0 bridgehead atoms. The second-order valence-electron chi connectivity index (χ2n) is 4.83. The molecule has 0 radical (unpaired) electrons. The smallest absolute Gasteiger partial charge is 0.257 e. The van der Waals surface area contributed by atoms with Gasteiger partial charge in [-0.25, -0.2) is 0 Å². The molecule has 0 aromatic heterocycles. The Morgan fingerprint density at radius 1 is 1.40 bits per heavy atom. The molecule has 0 spiro atoms. The molecule has 0 aliphatic carbocycles. The third-order valence-electron chi connectivity index (χ3n) is 2.67. The SMILES string of the molecule is CC(C)CCNC(=O)COc1ccc(/C(N)=N/O)cc1. The minimum absolute atomic E-state index is 0.0268. The molecule has 110 valence electrons. The van der Waals surface area contributed by atoms with Gasteiger partial charge in [-0.1, -0.05) is 19.0 Å². The highest BCUT2D eigenvalue weighted by Gasteiger charge is 2.04. The fourth-order valence-electron chi connectivity index (χ4n) is 1.48. The van der Waals surface area contributed by atoms with Crippen LogP contribution in [0, 0.1) is 5.92 Å². The van der Waals surface area contributed by atoms with Crippen molar-refractivity contribution in [2.45, 2.75) is 20.3 Å². The van der Waals surface area contributed by atoms with Crippen molar-refractivity contribution >= 4 is 11.7 Å². The summed E-state index contributed by atoms with van der Waals surface area (Å²) in [6.45, 7) is 4.83. The number of hydrogen-bond donors (Lipinski definition) is 3. The molecule has 1 amide bonds. The molecule has 1 aromatic carbocycles. The van der Waals surface area contributed by atoms with Gasteiger partial charge in [-0.2, -0.15) is 0 Å². The van der Waals surface area contributed by atoms with Crippen LogP contribution in [0.15, 0.2) is 29.4 Å². The Balaban J connectivity index is 2.36. The van der Waals surface area contributed by atoms with Gasteiger partial charge in [0.05, 0.1) is 0 Å². The molecule has 0 atom stereocenters. The number of nitrogens with one attached hydrogen (secondary N) is 1. The normalized spacial score (nSPS) is 11.4. The summed E-state index contributed by atoms with van der Waals surface area (Å²) >= 11 is 0. The van der Waals surface area contributed by atoms with Crippen molar-refractivity contribution in [2.75, 3.05) is 13.2 Å². The highest BCUT2D eigenvalue weighted by atomic mass is 16.5. The van der Waals surface area contributed by atoms with Crippen LogP contribution < -0.4 is 15.8 Å². The molecular formula is C14H21N3O3. The number of oxime groups is 1. The minimum Gasteiger partial charge on any atom is -0.484 e. The van der Waals surface area contributed by atoms with Crippen molar-refractivity contribution in [3.63, 3.8) is 0 Å². The van der Waals surface area contributed by atoms with Gasteiger partial charge < -0.3 is 21.0 Å². The molecule has 6 nitrogen and oxygen atoms in total. The predicted octanol–water partition coefficient (Wildman–Crippen LogP) is 1.32. The van der Waals surface area contributed by atoms with Crippen molar-refractivity contribution in [3.8, 4) is 5.75 Å². The summed E-state index contributed by atoms with van der Waals surface area (Å²) in [5, 5.41) is 14.2. The summed E-state index contributed by atoms with van der Waals surface area (Å²) in [4.78, 5) is 11.5. The average molecular weight is 279 g/mol. The molecule has 4 N–H and O–H groups in total. The topological polar surface area (TPSA) is 96.9 Å². The van der Waals surface area contributed by atoms with Crippen LogP contribution in [0.4, 0.5) is 0 Å². The molecule has 0 heterocycles. The van der Waals surface area contributed by atoms with Gasteiger partial charge in [0.2, 0.25) is 0 Å². The molecule has 0 fully saturated rings. The summed E-state index contributed by atoms with van der Waals surface area (Å²) in [5.74, 6) is 0.995. The third-order valence-corrected chi connectivity index (χ3v) is 2.67. The summed E-state index contributed by atoms with van der Waals surface area (Å²) in [5.41, 5.74) is 6.03. The van der Waals surface area contributed by atoms with E-state index >= 15 is 0 Å². The number of benzene rings is 1. The van der Waals surface area contributed by atoms with Crippen molar-refractivity contribution in [1.29, 1.82) is 0 Å². The highest BCUT2D eigenvalue weighted by Crippen LogP contribution is 2.11. The molecule has 0 saturated heterocycles. The Hall–Kier alpha value is -2.24. The zero-order valence-corrected chi connectivity index (χ0v) is 11.8. The Morgan fingerprint density at radius 3 is 2.60 bits per heavy atom. The minimum atomic E-state index is -0.147. The largest absolute Gasteiger partial charge is 0.484 e. The van der Waals surface area contributed by atoms with Crippen LogP contribution in [0.25, 0.3) is 0 Å². The molecule has 0 saturated carbocycles. The zero-order chi connectivity index (χ0) is 15.0. The standard InChI is InChI=1S/C14H21N3O3/c1-10(2)7-8-16-13(18)9-20-12-5-3-11(4-6-12)14(15)17-19/h3-6,10,19H,7-9H2,1-2H3,(H2,15,17)(H,16,18). The first-order valence-electron chi connectivity index (χ1n) is 6.50. The van der Waals surface area contributed by atoms with Crippen LogP contribution in [0.1, 0.15) is 25.8 Å². The van der Waals surface area contributed by atoms with E-state index in [2.05, 4.69) is 24.3 Å². The number of nitrogens with two attached hydrogens (primary N) is 1. The van der Waals surface area contributed by atoms with E-state index in [9.17, 15) is 4.79 Å². The number of ether oxygens (including phenoxy) is 1. The number of nitrogens with zero attached hydrogens (tertiary/aromatic N) is 1. The summed E-state index contributed by atoms with van der Waals surface area (Å²) < 4.78 is 5.34. The van der Waals surface area contributed by atoms with Crippen molar-refractivity contribution in [2.24, 2.45) is 16.8 Å². The van der Waals surface area contributed by atoms with Gasteiger partial charge in [0.1, 0.15) is 5.75 Å². The van der Waals surface area contributed by atoms with Gasteiger partial charge in [-0.05, 0) is 36.6 Å². The number of carbonyl (C=O) groups excluding carboxylic acids is 1. The number of carbonyl (C=O) groups is 1. The Labute approximate surface area is 118 Å². The summed E-state index contributed by atoms with van der Waals surface area (Å²) in [7, 11) is 0. The zero-order valence-electron chi connectivity index (χ0n) is 11.8. The Kier molecular flexibility index (Phi) is 6.36. The summed E-state index contributed by atoms with van der Waals surface area (Å²) in [6, 6.07) is 6.63. The van der Waals surface area contributed by atoms with Crippen LogP contribution in [0.3, 0.4) is 0 Å². The lowest BCUT2D eigenvalue weighted by atomic mass is 10.1. The first kappa shape index (κ1) is 15.8. The number of hydrogen-bond acceptors (Lipinski definition) is 4. The van der Waals surface area contributed by atoms with Crippen LogP contribution in [-0.2, 0) is 4.79 Å². The van der Waals surface area contributed by atoms with Gasteiger partial charge in [0.15, 0.2) is 12.4 Å². The molecule has 0 aliphatic rings. The molecular weight excluding hydrogens is 258 g/mol. The van der Waals surface area contributed by atoms with E-state index in [0.717, 1.165) is 6.42 Å². The van der Waals surface area contributed by atoms with Crippen molar-refractivity contribution in [1.82, 2.24) is 5.32 Å². The maximum atomic E-state index is 11.5. The molecule has 1 aromatic rings. The van der Waals surface area contributed by atoms with Crippen molar-refractivity contribution < 1.29 is 14.7 Å². The third kappa shape index (κ3) is 5.60. The van der Waals surface area contributed by atoms with E-state index in [0.29, 0.717) is 23.8 Å². The maximum absolute atomic E-state index is 11.5. The van der Waals surface area contributed by atoms with Gasteiger partial charge >= 0.3 is 0 Å². The highest BCUT2D eigenvalue weighted by molar-refractivity contribution is 5.97. The second-order valence-corrected chi connectivity index (χ2v) is 4.83. The number of rotatable bonds is 7. The van der Waals surface area contributed by atoms with E-state index in [1.807, 2.05) is 0 Å². The molecule has 0 unspecified atom stereocenters. The van der Waals surface area contributed by atoms with E-state index < -0.39 is 0 Å². The maximum Gasteiger partial charge on any atom is 0.257 e. The lowest BCUT2D eigenvalue weighted by molar-refractivity contribution is -0.123. The fourth-order valence-corrected chi connectivity index (χ4v) is 1.48. The van der Waals surface area contributed by atoms with E-state index in [4.69, 9.17) is 15.7 Å². The molecule has 6 heteroatoms. The summed E-state index contributed by atoms with van der Waals surface area (Å²) in [6.07, 6.45) is 0.945. The molecule has 0 aliphatic heterocycles. The Bertz CT molecular complexity index is 455. The Morgan fingerprint density at radius 2 is 2.05 bits per heavy atom. The van der Waals surface area contributed by atoms with E-state index in [-0.39, 0.29) is 18.3 Å². The monoisotopic (exact) mass is 279 g/mol. The van der Waals surface area contributed by atoms with Gasteiger partial charge in [-0.15, -0.1) is 0 Å². The van der Waals surface area contributed by atoms with Crippen molar-refractivity contribution in [3.05, 3.63) is 29.8 Å². The fraction of sp³-hybridized carbons (Fsp3) is 0.429. The second kappa shape index (κ2) is 8.04. The number of amides is 1. The molecule has 20 heavy (non-hydrogen) atoms. The van der Waals surface area contributed by atoms with E-state index in [1.165, 1.54) is 0 Å².